The van der Waals surface area contributed by atoms with E-state index in [1.807, 2.05) is 0 Å². The molecule has 0 spiro atoms. The third kappa shape index (κ3) is 2.75. The minimum atomic E-state index is -0.0661. The summed E-state index contributed by atoms with van der Waals surface area (Å²) < 4.78 is 0. The van der Waals surface area contributed by atoms with E-state index in [0.717, 1.165) is 24.2 Å². The molecule has 0 radical (unpaired) electrons. The van der Waals surface area contributed by atoms with Gasteiger partial charge in [-0.1, -0.05) is 33.1 Å². The number of aliphatic hydroxyl groups is 1. The van der Waals surface area contributed by atoms with Crippen LogP contribution in [-0.2, 0) is 0 Å². The first kappa shape index (κ1) is 11.4. The topological polar surface area (TPSA) is 20.2 Å². The molecule has 2 bridgehead atoms. The standard InChI is InChI=1S/C14H26O/c1-10(2)14(15)5-3-4-12-8-11-6-7-13(12)9-11/h10-15H,3-9H2,1-2H3. The highest BCUT2D eigenvalue weighted by molar-refractivity contribution is 4.89. The van der Waals surface area contributed by atoms with Crippen molar-refractivity contribution in [2.45, 2.75) is 64.9 Å². The number of aliphatic hydroxyl groups excluding tert-OH is 1. The maximum Gasteiger partial charge on any atom is 0.0563 e. The van der Waals surface area contributed by atoms with Crippen molar-refractivity contribution >= 4 is 0 Å². The minimum absolute atomic E-state index is 0.0661. The SMILES string of the molecule is CC(C)C(O)CCCC1CC2CCC1C2. The highest BCUT2D eigenvalue weighted by atomic mass is 16.3. The summed E-state index contributed by atoms with van der Waals surface area (Å²) >= 11 is 0. The van der Waals surface area contributed by atoms with E-state index in [1.165, 1.54) is 38.5 Å². The second-order valence-electron chi connectivity index (χ2n) is 6.18. The molecule has 2 rings (SSSR count). The van der Waals surface area contributed by atoms with Crippen LogP contribution < -0.4 is 0 Å². The van der Waals surface area contributed by atoms with E-state index in [9.17, 15) is 5.11 Å². The molecule has 0 aromatic heterocycles. The van der Waals surface area contributed by atoms with Gasteiger partial charge in [0.2, 0.25) is 0 Å². The molecule has 2 aliphatic rings. The van der Waals surface area contributed by atoms with Crippen molar-refractivity contribution < 1.29 is 5.11 Å². The Balaban J connectivity index is 1.62. The van der Waals surface area contributed by atoms with Crippen LogP contribution in [0, 0.1) is 23.7 Å². The van der Waals surface area contributed by atoms with Crippen molar-refractivity contribution in [3.8, 4) is 0 Å². The molecular weight excluding hydrogens is 184 g/mol. The Hall–Kier alpha value is -0.0400. The molecule has 15 heavy (non-hydrogen) atoms. The third-order valence-corrected chi connectivity index (χ3v) is 4.73. The zero-order chi connectivity index (χ0) is 10.8. The van der Waals surface area contributed by atoms with Crippen LogP contribution >= 0.6 is 0 Å². The molecule has 4 unspecified atom stereocenters. The summed E-state index contributed by atoms with van der Waals surface area (Å²) in [6.45, 7) is 4.23. The van der Waals surface area contributed by atoms with Crippen molar-refractivity contribution in [1.29, 1.82) is 0 Å². The smallest absolute Gasteiger partial charge is 0.0563 e. The fourth-order valence-electron chi connectivity index (χ4n) is 3.65. The summed E-state index contributed by atoms with van der Waals surface area (Å²) in [7, 11) is 0. The van der Waals surface area contributed by atoms with Crippen molar-refractivity contribution in [2.24, 2.45) is 23.7 Å². The van der Waals surface area contributed by atoms with Crippen molar-refractivity contribution in [2.75, 3.05) is 0 Å². The van der Waals surface area contributed by atoms with E-state index in [0.29, 0.717) is 5.92 Å². The average Bonchev–Trinajstić information content (AvgIpc) is 2.78. The van der Waals surface area contributed by atoms with Crippen LogP contribution in [0.2, 0.25) is 0 Å². The lowest BCUT2D eigenvalue weighted by Gasteiger charge is -2.22. The molecule has 0 aliphatic heterocycles. The molecule has 1 N–H and O–H groups in total. The molecule has 88 valence electrons. The van der Waals surface area contributed by atoms with Crippen molar-refractivity contribution in [3.05, 3.63) is 0 Å². The van der Waals surface area contributed by atoms with E-state index < -0.39 is 0 Å². The van der Waals surface area contributed by atoms with Gasteiger partial charge in [0.15, 0.2) is 0 Å². The van der Waals surface area contributed by atoms with E-state index in [1.54, 1.807) is 0 Å². The summed E-state index contributed by atoms with van der Waals surface area (Å²) in [6, 6.07) is 0. The van der Waals surface area contributed by atoms with Crippen LogP contribution in [0.3, 0.4) is 0 Å². The summed E-state index contributed by atoms with van der Waals surface area (Å²) in [6.07, 6.45) is 9.62. The first-order valence-corrected chi connectivity index (χ1v) is 6.85. The van der Waals surface area contributed by atoms with Gasteiger partial charge in [0.1, 0.15) is 0 Å². The van der Waals surface area contributed by atoms with Gasteiger partial charge < -0.3 is 5.11 Å². The lowest BCUT2D eigenvalue weighted by Crippen LogP contribution is -2.16. The van der Waals surface area contributed by atoms with E-state index in [2.05, 4.69) is 13.8 Å². The highest BCUT2D eigenvalue weighted by Gasteiger charge is 2.38. The fourth-order valence-corrected chi connectivity index (χ4v) is 3.65. The molecule has 0 heterocycles. The van der Waals surface area contributed by atoms with E-state index in [4.69, 9.17) is 0 Å². The second kappa shape index (κ2) is 4.86. The van der Waals surface area contributed by atoms with Gasteiger partial charge in [0.25, 0.3) is 0 Å². The van der Waals surface area contributed by atoms with Gasteiger partial charge in [-0.05, 0) is 49.4 Å². The summed E-state index contributed by atoms with van der Waals surface area (Å²) in [5.74, 6) is 3.59. The molecule has 2 saturated carbocycles. The van der Waals surface area contributed by atoms with Gasteiger partial charge in [0.05, 0.1) is 6.10 Å². The van der Waals surface area contributed by atoms with Crippen molar-refractivity contribution in [3.63, 3.8) is 0 Å². The fraction of sp³-hybridized carbons (Fsp3) is 1.00. The first-order valence-electron chi connectivity index (χ1n) is 6.85. The third-order valence-electron chi connectivity index (χ3n) is 4.73. The zero-order valence-electron chi connectivity index (χ0n) is 10.3. The lowest BCUT2D eigenvalue weighted by atomic mass is 9.84. The van der Waals surface area contributed by atoms with Gasteiger partial charge in [-0.3, -0.25) is 0 Å². The Kier molecular flexibility index (Phi) is 3.71. The van der Waals surface area contributed by atoms with Crippen LogP contribution in [0.4, 0.5) is 0 Å². The maximum absolute atomic E-state index is 9.73. The van der Waals surface area contributed by atoms with Gasteiger partial charge in [-0.2, -0.15) is 0 Å². The van der Waals surface area contributed by atoms with Crippen LogP contribution in [0.15, 0.2) is 0 Å². The Morgan fingerprint density at radius 1 is 1.20 bits per heavy atom. The van der Waals surface area contributed by atoms with Crippen molar-refractivity contribution in [1.82, 2.24) is 0 Å². The quantitative estimate of drug-likeness (QED) is 0.735. The molecule has 0 aromatic carbocycles. The van der Waals surface area contributed by atoms with E-state index >= 15 is 0 Å². The molecule has 2 fully saturated rings. The maximum atomic E-state index is 9.73. The lowest BCUT2D eigenvalue weighted by molar-refractivity contribution is 0.110. The normalized spacial score (nSPS) is 36.4. The van der Waals surface area contributed by atoms with Crippen LogP contribution in [-0.4, -0.2) is 11.2 Å². The Bertz CT molecular complexity index is 200. The summed E-state index contributed by atoms with van der Waals surface area (Å²) in [4.78, 5) is 0. The Morgan fingerprint density at radius 3 is 2.53 bits per heavy atom. The molecule has 0 aromatic rings. The molecule has 4 atom stereocenters. The van der Waals surface area contributed by atoms with Gasteiger partial charge in [0, 0.05) is 0 Å². The summed E-state index contributed by atoms with van der Waals surface area (Å²) in [5, 5.41) is 9.73. The summed E-state index contributed by atoms with van der Waals surface area (Å²) in [5.41, 5.74) is 0. The van der Waals surface area contributed by atoms with Gasteiger partial charge >= 0.3 is 0 Å². The molecule has 1 nitrogen and oxygen atoms in total. The largest absolute Gasteiger partial charge is 0.393 e. The van der Waals surface area contributed by atoms with Gasteiger partial charge in [-0.15, -0.1) is 0 Å². The monoisotopic (exact) mass is 210 g/mol. The molecule has 1 heteroatoms. The predicted octanol–water partition coefficient (Wildman–Crippen LogP) is 3.61. The zero-order valence-corrected chi connectivity index (χ0v) is 10.3. The van der Waals surface area contributed by atoms with Crippen LogP contribution in [0.1, 0.15) is 58.8 Å². The molecule has 0 saturated heterocycles. The first-order chi connectivity index (χ1) is 7.16. The van der Waals surface area contributed by atoms with Crippen LogP contribution in [0.25, 0.3) is 0 Å². The number of fused-ring (bicyclic) bond motifs is 2. The molecular formula is C14H26O. The Morgan fingerprint density at radius 2 is 2.00 bits per heavy atom. The minimum Gasteiger partial charge on any atom is -0.393 e. The second-order valence-corrected chi connectivity index (χ2v) is 6.18. The number of hydrogen-bond acceptors (Lipinski definition) is 1. The average molecular weight is 210 g/mol. The predicted molar refractivity (Wildman–Crippen MR) is 63.6 cm³/mol. The number of hydrogen-bond donors (Lipinski definition) is 1. The molecule has 2 aliphatic carbocycles. The Labute approximate surface area is 94.3 Å². The van der Waals surface area contributed by atoms with Gasteiger partial charge in [-0.25, -0.2) is 0 Å². The number of rotatable bonds is 5. The highest BCUT2D eigenvalue weighted by Crippen LogP contribution is 2.50. The van der Waals surface area contributed by atoms with E-state index in [-0.39, 0.29) is 6.10 Å². The van der Waals surface area contributed by atoms with Crippen LogP contribution in [0.5, 0.6) is 0 Å². The molecule has 0 amide bonds.